The van der Waals surface area contributed by atoms with Crippen molar-refractivity contribution in [1.82, 2.24) is 0 Å². The maximum atomic E-state index is 5.82. The lowest BCUT2D eigenvalue weighted by Crippen LogP contribution is -2.13. The molecule has 0 bridgehead atoms. The average molecular weight is 267 g/mol. The van der Waals surface area contributed by atoms with E-state index in [1.807, 2.05) is 39.0 Å². The van der Waals surface area contributed by atoms with E-state index in [0.717, 1.165) is 23.5 Å². The molecule has 0 aromatic heterocycles. The third-order valence-electron chi connectivity index (χ3n) is 2.55. The van der Waals surface area contributed by atoms with E-state index in [4.69, 9.17) is 19.9 Å². The summed E-state index contributed by atoms with van der Waals surface area (Å²) in [6.45, 7) is 8.27. The maximum Gasteiger partial charge on any atom is 0.164 e. The van der Waals surface area contributed by atoms with Gasteiger partial charge in [-0.2, -0.15) is 0 Å². The van der Waals surface area contributed by atoms with Crippen LogP contribution in [-0.2, 0) is 11.2 Å². The quantitative estimate of drug-likeness (QED) is 0.698. The number of para-hydroxylation sites is 1. The Bertz CT molecular complexity index is 342. The second-order valence-electron chi connectivity index (χ2n) is 4.48. The molecule has 19 heavy (non-hydrogen) atoms. The number of hydrogen-bond donors (Lipinski definition) is 1. The van der Waals surface area contributed by atoms with Crippen LogP contribution in [0.25, 0.3) is 0 Å². The van der Waals surface area contributed by atoms with Gasteiger partial charge >= 0.3 is 0 Å². The smallest absolute Gasteiger partial charge is 0.164 e. The number of hydrogen-bond acceptors (Lipinski definition) is 4. The van der Waals surface area contributed by atoms with E-state index in [2.05, 4.69) is 0 Å². The third kappa shape index (κ3) is 5.49. The van der Waals surface area contributed by atoms with Crippen molar-refractivity contribution < 1.29 is 14.2 Å². The standard InChI is InChI=1S/C15H25NO3/c1-4-17-14-7-5-6-13(8-9-16)15(14)19-11-10-18-12(2)3/h5-7,12H,4,8-11,16H2,1-3H3. The van der Waals surface area contributed by atoms with Gasteiger partial charge in [0, 0.05) is 0 Å². The summed E-state index contributed by atoms with van der Waals surface area (Å²) in [5.74, 6) is 1.57. The van der Waals surface area contributed by atoms with Gasteiger partial charge in [0.05, 0.1) is 19.3 Å². The van der Waals surface area contributed by atoms with E-state index in [1.165, 1.54) is 0 Å². The molecule has 0 heterocycles. The number of benzene rings is 1. The Kier molecular flexibility index (Phi) is 7.30. The van der Waals surface area contributed by atoms with Gasteiger partial charge in [0.25, 0.3) is 0 Å². The number of nitrogens with two attached hydrogens (primary N) is 1. The molecule has 0 spiro atoms. The van der Waals surface area contributed by atoms with Crippen molar-refractivity contribution >= 4 is 0 Å². The molecule has 0 saturated heterocycles. The zero-order chi connectivity index (χ0) is 14.1. The van der Waals surface area contributed by atoms with E-state index < -0.39 is 0 Å². The molecule has 1 aromatic carbocycles. The van der Waals surface area contributed by atoms with Crippen LogP contribution in [0.4, 0.5) is 0 Å². The van der Waals surface area contributed by atoms with Gasteiger partial charge in [0.1, 0.15) is 6.61 Å². The fourth-order valence-corrected chi connectivity index (χ4v) is 1.77. The first-order valence-corrected chi connectivity index (χ1v) is 6.88. The lowest BCUT2D eigenvalue weighted by atomic mass is 10.1. The Morgan fingerprint density at radius 2 is 1.95 bits per heavy atom. The molecule has 0 fully saturated rings. The molecule has 1 rings (SSSR count). The second-order valence-corrected chi connectivity index (χ2v) is 4.48. The zero-order valence-electron chi connectivity index (χ0n) is 12.1. The van der Waals surface area contributed by atoms with Crippen LogP contribution in [0.15, 0.2) is 18.2 Å². The molecule has 0 unspecified atom stereocenters. The Hall–Kier alpha value is -1.26. The topological polar surface area (TPSA) is 53.7 Å². The van der Waals surface area contributed by atoms with Gasteiger partial charge in [-0.25, -0.2) is 0 Å². The van der Waals surface area contributed by atoms with E-state index in [-0.39, 0.29) is 6.10 Å². The van der Waals surface area contributed by atoms with Crippen LogP contribution in [-0.4, -0.2) is 32.5 Å². The fraction of sp³-hybridized carbons (Fsp3) is 0.600. The zero-order valence-corrected chi connectivity index (χ0v) is 12.1. The summed E-state index contributed by atoms with van der Waals surface area (Å²) < 4.78 is 16.9. The monoisotopic (exact) mass is 267 g/mol. The summed E-state index contributed by atoms with van der Waals surface area (Å²) in [4.78, 5) is 0. The predicted octanol–water partition coefficient (Wildman–Crippen LogP) is 2.39. The molecule has 0 atom stereocenters. The third-order valence-corrected chi connectivity index (χ3v) is 2.55. The summed E-state index contributed by atoms with van der Waals surface area (Å²) in [7, 11) is 0. The van der Waals surface area contributed by atoms with E-state index in [9.17, 15) is 0 Å². The molecule has 0 radical (unpaired) electrons. The number of ether oxygens (including phenoxy) is 3. The minimum atomic E-state index is 0.217. The van der Waals surface area contributed by atoms with E-state index in [1.54, 1.807) is 0 Å². The molecule has 0 amide bonds. The highest BCUT2D eigenvalue weighted by Gasteiger charge is 2.10. The van der Waals surface area contributed by atoms with Gasteiger partial charge in [-0.15, -0.1) is 0 Å². The van der Waals surface area contributed by atoms with Crippen LogP contribution < -0.4 is 15.2 Å². The first-order valence-electron chi connectivity index (χ1n) is 6.88. The largest absolute Gasteiger partial charge is 0.490 e. The van der Waals surface area contributed by atoms with Crippen LogP contribution in [0.2, 0.25) is 0 Å². The highest BCUT2D eigenvalue weighted by atomic mass is 16.5. The van der Waals surface area contributed by atoms with Crippen LogP contribution in [0.3, 0.4) is 0 Å². The average Bonchev–Trinajstić information content (AvgIpc) is 2.37. The summed E-state index contributed by atoms with van der Waals surface area (Å²) in [5, 5.41) is 0. The minimum absolute atomic E-state index is 0.217. The van der Waals surface area contributed by atoms with E-state index in [0.29, 0.717) is 26.4 Å². The second kappa shape index (κ2) is 8.77. The molecule has 2 N–H and O–H groups in total. The molecule has 1 aromatic rings. The summed E-state index contributed by atoms with van der Waals surface area (Å²) in [6, 6.07) is 5.91. The highest BCUT2D eigenvalue weighted by molar-refractivity contribution is 5.46. The van der Waals surface area contributed by atoms with E-state index >= 15 is 0 Å². The van der Waals surface area contributed by atoms with Crippen molar-refractivity contribution in [1.29, 1.82) is 0 Å². The molecular weight excluding hydrogens is 242 g/mol. The van der Waals surface area contributed by atoms with Gasteiger partial charge < -0.3 is 19.9 Å². The number of rotatable bonds is 9. The summed E-state index contributed by atoms with van der Waals surface area (Å²) in [5.41, 5.74) is 6.71. The Balaban J connectivity index is 2.70. The van der Waals surface area contributed by atoms with Crippen molar-refractivity contribution in [2.45, 2.75) is 33.3 Å². The van der Waals surface area contributed by atoms with Crippen molar-refractivity contribution in [3.8, 4) is 11.5 Å². The fourth-order valence-electron chi connectivity index (χ4n) is 1.77. The summed E-state index contributed by atoms with van der Waals surface area (Å²) in [6.07, 6.45) is 0.996. The highest BCUT2D eigenvalue weighted by Crippen LogP contribution is 2.31. The van der Waals surface area contributed by atoms with Crippen LogP contribution >= 0.6 is 0 Å². The molecule has 4 heteroatoms. The lowest BCUT2D eigenvalue weighted by Gasteiger charge is -2.16. The minimum Gasteiger partial charge on any atom is -0.490 e. The molecular formula is C15H25NO3. The Morgan fingerprint density at radius 3 is 2.58 bits per heavy atom. The lowest BCUT2D eigenvalue weighted by molar-refractivity contribution is 0.0543. The maximum absolute atomic E-state index is 5.82. The SMILES string of the molecule is CCOc1cccc(CCN)c1OCCOC(C)C. The van der Waals surface area contributed by atoms with Crippen LogP contribution in [0.5, 0.6) is 11.5 Å². The molecule has 108 valence electrons. The molecule has 0 aliphatic carbocycles. The normalized spacial score (nSPS) is 10.8. The predicted molar refractivity (Wildman–Crippen MR) is 77.0 cm³/mol. The van der Waals surface area contributed by atoms with Gasteiger partial charge in [-0.05, 0) is 45.4 Å². The van der Waals surface area contributed by atoms with Gasteiger partial charge in [-0.1, -0.05) is 12.1 Å². The summed E-state index contributed by atoms with van der Waals surface area (Å²) >= 11 is 0. The van der Waals surface area contributed by atoms with Crippen LogP contribution in [0, 0.1) is 0 Å². The van der Waals surface area contributed by atoms with Gasteiger partial charge in [0.15, 0.2) is 11.5 Å². The van der Waals surface area contributed by atoms with Crippen LogP contribution in [0.1, 0.15) is 26.3 Å². The first kappa shape index (κ1) is 15.8. The first-order chi connectivity index (χ1) is 9.19. The Morgan fingerprint density at radius 1 is 1.16 bits per heavy atom. The van der Waals surface area contributed by atoms with Crippen molar-refractivity contribution in [2.75, 3.05) is 26.4 Å². The molecule has 0 aliphatic rings. The van der Waals surface area contributed by atoms with Crippen molar-refractivity contribution in [3.63, 3.8) is 0 Å². The van der Waals surface area contributed by atoms with Crippen molar-refractivity contribution in [3.05, 3.63) is 23.8 Å². The Labute approximate surface area is 115 Å². The van der Waals surface area contributed by atoms with Gasteiger partial charge in [-0.3, -0.25) is 0 Å². The molecule has 4 nitrogen and oxygen atoms in total. The van der Waals surface area contributed by atoms with Crippen molar-refractivity contribution in [2.24, 2.45) is 5.73 Å². The molecule has 0 saturated carbocycles. The van der Waals surface area contributed by atoms with Gasteiger partial charge in [0.2, 0.25) is 0 Å². The molecule has 0 aliphatic heterocycles.